The Hall–Kier alpha value is -2.36. The second-order valence-corrected chi connectivity index (χ2v) is 3.92. The van der Waals surface area contributed by atoms with E-state index in [2.05, 4.69) is 21.9 Å². The third-order valence-corrected chi connectivity index (χ3v) is 2.82. The Morgan fingerprint density at radius 2 is 2.18 bits per heavy atom. The molecule has 2 heterocycles. The van der Waals surface area contributed by atoms with Gasteiger partial charge in [-0.2, -0.15) is 10.2 Å². The standard InChI is InChI=1S/C13H12N4/c1-3-12-10-6-4-5-7-11(10)16-17(12)13-9(2)8-14-15-13/h3-8H,1H2,2H3,(H,14,15). The maximum absolute atomic E-state index is 4.56. The van der Waals surface area contributed by atoms with Gasteiger partial charge in [-0.15, -0.1) is 0 Å². The zero-order chi connectivity index (χ0) is 11.8. The van der Waals surface area contributed by atoms with Crippen LogP contribution in [0.25, 0.3) is 22.8 Å². The van der Waals surface area contributed by atoms with Gasteiger partial charge in [-0.05, 0) is 19.1 Å². The number of hydrogen-bond acceptors (Lipinski definition) is 2. The summed E-state index contributed by atoms with van der Waals surface area (Å²) in [5.74, 6) is 0.885. The van der Waals surface area contributed by atoms with Gasteiger partial charge in [0.1, 0.15) is 0 Å². The van der Waals surface area contributed by atoms with E-state index in [4.69, 9.17) is 0 Å². The van der Waals surface area contributed by atoms with Crippen molar-refractivity contribution in [3.8, 4) is 5.82 Å². The minimum atomic E-state index is 0.885. The van der Waals surface area contributed by atoms with Gasteiger partial charge in [-0.1, -0.05) is 24.8 Å². The summed E-state index contributed by atoms with van der Waals surface area (Å²) >= 11 is 0. The lowest BCUT2D eigenvalue weighted by atomic mass is 10.2. The van der Waals surface area contributed by atoms with E-state index in [-0.39, 0.29) is 0 Å². The van der Waals surface area contributed by atoms with Gasteiger partial charge < -0.3 is 0 Å². The summed E-state index contributed by atoms with van der Waals surface area (Å²) in [5.41, 5.74) is 2.99. The van der Waals surface area contributed by atoms with E-state index in [1.165, 1.54) is 0 Å². The first-order valence-electron chi connectivity index (χ1n) is 5.42. The second-order valence-electron chi connectivity index (χ2n) is 3.92. The highest BCUT2D eigenvalue weighted by atomic mass is 15.4. The van der Waals surface area contributed by atoms with Crippen molar-refractivity contribution in [2.75, 3.05) is 0 Å². The fourth-order valence-corrected chi connectivity index (χ4v) is 1.97. The van der Waals surface area contributed by atoms with Gasteiger partial charge in [0, 0.05) is 10.9 Å². The summed E-state index contributed by atoms with van der Waals surface area (Å²) in [4.78, 5) is 0. The molecule has 2 aromatic heterocycles. The van der Waals surface area contributed by atoms with Crippen molar-refractivity contribution in [1.29, 1.82) is 0 Å². The molecule has 4 nitrogen and oxygen atoms in total. The van der Waals surface area contributed by atoms with Crippen LogP contribution in [0.1, 0.15) is 11.3 Å². The summed E-state index contributed by atoms with van der Waals surface area (Å²) < 4.78 is 1.85. The van der Waals surface area contributed by atoms with Crippen LogP contribution < -0.4 is 0 Å². The average Bonchev–Trinajstić information content (AvgIpc) is 2.91. The van der Waals surface area contributed by atoms with Crippen LogP contribution in [-0.2, 0) is 0 Å². The first-order chi connectivity index (χ1) is 8.31. The molecule has 1 N–H and O–H groups in total. The zero-order valence-electron chi connectivity index (χ0n) is 9.51. The van der Waals surface area contributed by atoms with Gasteiger partial charge in [0.15, 0.2) is 5.82 Å². The number of nitrogens with one attached hydrogen (secondary N) is 1. The van der Waals surface area contributed by atoms with Gasteiger partial charge in [0.2, 0.25) is 0 Å². The maximum Gasteiger partial charge on any atom is 0.152 e. The van der Waals surface area contributed by atoms with Gasteiger partial charge in [-0.25, -0.2) is 4.68 Å². The van der Waals surface area contributed by atoms with Crippen LogP contribution in [0.15, 0.2) is 37.0 Å². The molecular weight excluding hydrogens is 212 g/mol. The van der Waals surface area contributed by atoms with Gasteiger partial charge in [0.25, 0.3) is 0 Å². The molecule has 3 rings (SSSR count). The first-order valence-corrected chi connectivity index (χ1v) is 5.42. The third-order valence-electron chi connectivity index (χ3n) is 2.82. The maximum atomic E-state index is 4.56. The van der Waals surface area contributed by atoms with E-state index in [0.717, 1.165) is 28.0 Å². The summed E-state index contributed by atoms with van der Waals surface area (Å²) in [6.45, 7) is 5.86. The SMILES string of the molecule is C=Cc1c2ccccc2nn1-c1[nH]ncc1C. The van der Waals surface area contributed by atoms with Crippen molar-refractivity contribution in [3.63, 3.8) is 0 Å². The molecule has 0 aliphatic heterocycles. The van der Waals surface area contributed by atoms with E-state index in [0.29, 0.717) is 0 Å². The molecule has 0 fully saturated rings. The van der Waals surface area contributed by atoms with E-state index in [1.807, 2.05) is 41.9 Å². The Labute approximate surface area is 98.6 Å². The highest BCUT2D eigenvalue weighted by Crippen LogP contribution is 2.22. The monoisotopic (exact) mass is 224 g/mol. The number of aromatic amines is 1. The van der Waals surface area contributed by atoms with E-state index >= 15 is 0 Å². The predicted molar refractivity (Wildman–Crippen MR) is 68.0 cm³/mol. The summed E-state index contributed by atoms with van der Waals surface area (Å²) in [5, 5.41) is 12.6. The number of hydrogen-bond donors (Lipinski definition) is 1. The van der Waals surface area contributed by atoms with Crippen LogP contribution in [0.4, 0.5) is 0 Å². The Morgan fingerprint density at radius 1 is 1.35 bits per heavy atom. The molecule has 17 heavy (non-hydrogen) atoms. The summed E-state index contributed by atoms with van der Waals surface area (Å²) in [6, 6.07) is 8.01. The van der Waals surface area contributed by atoms with Crippen LogP contribution in [0.3, 0.4) is 0 Å². The molecule has 84 valence electrons. The Kier molecular flexibility index (Phi) is 2.08. The minimum Gasteiger partial charge on any atom is -0.261 e. The second kappa shape index (κ2) is 3.59. The normalized spacial score (nSPS) is 10.9. The molecule has 0 atom stereocenters. The lowest BCUT2D eigenvalue weighted by molar-refractivity contribution is 0.835. The molecule has 4 heteroatoms. The Bertz CT molecular complexity index is 690. The highest BCUT2D eigenvalue weighted by Gasteiger charge is 2.12. The lowest BCUT2D eigenvalue weighted by Crippen LogP contribution is -2.00. The van der Waals surface area contributed by atoms with Crippen LogP contribution >= 0.6 is 0 Å². The van der Waals surface area contributed by atoms with Crippen LogP contribution in [0, 0.1) is 6.92 Å². The largest absolute Gasteiger partial charge is 0.261 e. The molecule has 0 saturated heterocycles. The van der Waals surface area contributed by atoms with Crippen LogP contribution in [0.2, 0.25) is 0 Å². The number of nitrogens with zero attached hydrogens (tertiary/aromatic N) is 3. The molecule has 0 unspecified atom stereocenters. The Morgan fingerprint density at radius 3 is 2.88 bits per heavy atom. The van der Waals surface area contributed by atoms with Crippen molar-refractivity contribution >= 4 is 17.0 Å². The van der Waals surface area contributed by atoms with Gasteiger partial charge in [-0.3, -0.25) is 5.10 Å². The molecule has 0 bridgehead atoms. The van der Waals surface area contributed by atoms with Crippen molar-refractivity contribution in [2.45, 2.75) is 6.92 Å². The van der Waals surface area contributed by atoms with Crippen LogP contribution in [0.5, 0.6) is 0 Å². The molecule has 3 aromatic rings. The van der Waals surface area contributed by atoms with Crippen molar-refractivity contribution in [2.24, 2.45) is 0 Å². The van der Waals surface area contributed by atoms with Crippen molar-refractivity contribution < 1.29 is 0 Å². The van der Waals surface area contributed by atoms with E-state index in [9.17, 15) is 0 Å². The molecular formula is C13H12N4. The number of rotatable bonds is 2. The molecule has 1 aromatic carbocycles. The molecule has 0 radical (unpaired) electrons. The number of aromatic nitrogens is 4. The highest BCUT2D eigenvalue weighted by molar-refractivity contribution is 5.87. The third kappa shape index (κ3) is 1.38. The molecule has 0 aliphatic carbocycles. The number of fused-ring (bicyclic) bond motifs is 1. The summed E-state index contributed by atoms with van der Waals surface area (Å²) in [6.07, 6.45) is 3.60. The van der Waals surface area contributed by atoms with Crippen LogP contribution in [-0.4, -0.2) is 20.0 Å². The van der Waals surface area contributed by atoms with Gasteiger partial charge >= 0.3 is 0 Å². The topological polar surface area (TPSA) is 46.5 Å². The number of H-pyrrole nitrogens is 1. The fraction of sp³-hybridized carbons (Fsp3) is 0.0769. The number of benzene rings is 1. The van der Waals surface area contributed by atoms with Crippen molar-refractivity contribution in [1.82, 2.24) is 20.0 Å². The van der Waals surface area contributed by atoms with E-state index < -0.39 is 0 Å². The van der Waals surface area contributed by atoms with Crippen molar-refractivity contribution in [3.05, 3.63) is 48.3 Å². The average molecular weight is 224 g/mol. The molecule has 0 saturated carbocycles. The molecule has 0 spiro atoms. The van der Waals surface area contributed by atoms with E-state index in [1.54, 1.807) is 6.20 Å². The number of aryl methyl sites for hydroxylation is 1. The minimum absolute atomic E-state index is 0.885. The smallest absolute Gasteiger partial charge is 0.152 e. The lowest BCUT2D eigenvalue weighted by Gasteiger charge is -2.01. The first kappa shape index (κ1) is 9.84. The quantitative estimate of drug-likeness (QED) is 0.727. The summed E-state index contributed by atoms with van der Waals surface area (Å²) in [7, 11) is 0. The Balaban J connectivity index is 2.37. The molecule has 0 aliphatic rings. The predicted octanol–water partition coefficient (Wildman–Crippen LogP) is 2.70. The zero-order valence-corrected chi connectivity index (χ0v) is 9.51. The van der Waals surface area contributed by atoms with Gasteiger partial charge in [0.05, 0.1) is 17.4 Å². The fourth-order valence-electron chi connectivity index (χ4n) is 1.97. The molecule has 0 amide bonds.